The van der Waals surface area contributed by atoms with E-state index in [-0.39, 0.29) is 11.8 Å². The van der Waals surface area contributed by atoms with Gasteiger partial charge in [-0.25, -0.2) is 9.88 Å². The van der Waals surface area contributed by atoms with Crippen LogP contribution in [0.5, 0.6) is 0 Å². The average Bonchev–Trinajstić information content (AvgIpc) is 2.98. The van der Waals surface area contributed by atoms with Gasteiger partial charge in [-0.2, -0.15) is 0 Å². The molecule has 0 radical (unpaired) electrons. The highest BCUT2D eigenvalue weighted by atomic mass is 32.1. The number of aromatic nitrogens is 1. The van der Waals surface area contributed by atoms with Gasteiger partial charge in [0, 0.05) is 23.8 Å². The Morgan fingerprint density at radius 3 is 2.39 bits per heavy atom. The first-order valence-electron chi connectivity index (χ1n) is 5.62. The molecule has 90 valence electrons. The molecule has 2 amide bonds. The lowest BCUT2D eigenvalue weighted by Gasteiger charge is -2.08. The number of imide groups is 1. The summed E-state index contributed by atoms with van der Waals surface area (Å²) in [6.07, 6.45) is 0.582. The summed E-state index contributed by atoms with van der Waals surface area (Å²) in [4.78, 5) is 28.8. The van der Waals surface area contributed by atoms with Crippen molar-refractivity contribution in [2.24, 2.45) is 0 Å². The van der Waals surface area contributed by atoms with Crippen molar-refractivity contribution in [3.8, 4) is 11.3 Å². The molecule has 3 rings (SSSR count). The van der Waals surface area contributed by atoms with Crippen LogP contribution in [0.1, 0.15) is 12.8 Å². The number of hydrogen-bond donors (Lipinski definition) is 0. The van der Waals surface area contributed by atoms with Crippen LogP contribution >= 0.6 is 11.3 Å². The van der Waals surface area contributed by atoms with Crippen LogP contribution in [-0.2, 0) is 9.59 Å². The van der Waals surface area contributed by atoms with Crippen molar-refractivity contribution in [1.82, 2.24) is 4.98 Å². The van der Waals surface area contributed by atoms with Crippen LogP contribution in [0.25, 0.3) is 11.3 Å². The average molecular weight is 258 g/mol. The Kier molecular flexibility index (Phi) is 2.68. The summed E-state index contributed by atoms with van der Waals surface area (Å²) in [5, 5.41) is 2.34. The molecule has 4 nitrogen and oxygen atoms in total. The van der Waals surface area contributed by atoms with E-state index in [1.807, 2.05) is 35.7 Å². The van der Waals surface area contributed by atoms with Crippen LogP contribution in [-0.4, -0.2) is 16.8 Å². The van der Waals surface area contributed by atoms with E-state index in [0.717, 1.165) is 11.3 Å². The Labute approximate surface area is 108 Å². The van der Waals surface area contributed by atoms with E-state index in [1.54, 1.807) is 0 Å². The number of anilines is 1. The van der Waals surface area contributed by atoms with Gasteiger partial charge in [0.15, 0.2) is 5.13 Å². The zero-order valence-electron chi connectivity index (χ0n) is 9.50. The van der Waals surface area contributed by atoms with Crippen molar-refractivity contribution >= 4 is 28.3 Å². The minimum Gasteiger partial charge on any atom is -0.274 e. The van der Waals surface area contributed by atoms with E-state index in [9.17, 15) is 9.59 Å². The van der Waals surface area contributed by atoms with E-state index in [1.165, 1.54) is 16.2 Å². The maximum Gasteiger partial charge on any atom is 0.236 e. The highest BCUT2D eigenvalue weighted by Crippen LogP contribution is 2.30. The standard InChI is InChI=1S/C13H10N2O2S/c16-11-6-7-12(17)15(11)13-14-10(8-18-13)9-4-2-1-3-5-9/h1-5,8H,6-7H2. The van der Waals surface area contributed by atoms with Crippen molar-refractivity contribution in [1.29, 1.82) is 0 Å². The van der Waals surface area contributed by atoms with Gasteiger partial charge in [0.25, 0.3) is 0 Å². The third-order valence-electron chi connectivity index (χ3n) is 2.80. The second-order valence-corrected chi connectivity index (χ2v) is 4.84. The normalized spacial score (nSPS) is 15.4. The number of amides is 2. The van der Waals surface area contributed by atoms with Crippen molar-refractivity contribution in [3.63, 3.8) is 0 Å². The number of thiazole rings is 1. The lowest BCUT2D eigenvalue weighted by Crippen LogP contribution is -2.28. The zero-order chi connectivity index (χ0) is 12.5. The summed E-state index contributed by atoms with van der Waals surface area (Å²) in [5.41, 5.74) is 1.78. The van der Waals surface area contributed by atoms with Crippen molar-refractivity contribution in [2.45, 2.75) is 12.8 Å². The molecule has 1 aromatic carbocycles. The first-order chi connectivity index (χ1) is 8.75. The maximum absolute atomic E-state index is 11.6. The summed E-state index contributed by atoms with van der Waals surface area (Å²) in [5.74, 6) is -0.317. The molecule has 1 aliphatic heterocycles. The zero-order valence-corrected chi connectivity index (χ0v) is 10.3. The molecule has 0 bridgehead atoms. The monoisotopic (exact) mass is 258 g/mol. The van der Waals surface area contributed by atoms with Crippen LogP contribution in [0.15, 0.2) is 35.7 Å². The van der Waals surface area contributed by atoms with Gasteiger partial charge in [-0.05, 0) is 0 Å². The largest absolute Gasteiger partial charge is 0.274 e. The molecule has 0 spiro atoms. The smallest absolute Gasteiger partial charge is 0.236 e. The van der Waals surface area contributed by atoms with Crippen LogP contribution in [0.3, 0.4) is 0 Å². The van der Waals surface area contributed by atoms with Crippen molar-refractivity contribution < 1.29 is 9.59 Å². The Morgan fingerprint density at radius 1 is 1.06 bits per heavy atom. The molecule has 0 saturated carbocycles. The maximum atomic E-state index is 11.6. The molecule has 2 heterocycles. The van der Waals surface area contributed by atoms with E-state index in [2.05, 4.69) is 4.98 Å². The van der Waals surface area contributed by atoms with Gasteiger partial charge in [-0.1, -0.05) is 30.3 Å². The minimum absolute atomic E-state index is 0.158. The predicted octanol–water partition coefficient (Wildman–Crippen LogP) is 2.46. The first-order valence-corrected chi connectivity index (χ1v) is 6.50. The van der Waals surface area contributed by atoms with Crippen molar-refractivity contribution in [2.75, 3.05) is 4.90 Å². The molecule has 0 atom stereocenters. The number of hydrogen-bond acceptors (Lipinski definition) is 4. The molecule has 0 N–H and O–H groups in total. The van der Waals surface area contributed by atoms with Crippen LogP contribution in [0.4, 0.5) is 5.13 Å². The molecule has 1 aromatic heterocycles. The fourth-order valence-corrected chi connectivity index (χ4v) is 2.76. The number of rotatable bonds is 2. The highest BCUT2D eigenvalue weighted by molar-refractivity contribution is 7.14. The molecule has 5 heteroatoms. The minimum atomic E-state index is -0.158. The summed E-state index contributed by atoms with van der Waals surface area (Å²) in [6.45, 7) is 0. The van der Waals surface area contributed by atoms with Crippen LogP contribution in [0.2, 0.25) is 0 Å². The van der Waals surface area contributed by atoms with Gasteiger partial charge >= 0.3 is 0 Å². The van der Waals surface area contributed by atoms with E-state index >= 15 is 0 Å². The number of benzene rings is 1. The van der Waals surface area contributed by atoms with Gasteiger partial charge < -0.3 is 0 Å². The summed E-state index contributed by atoms with van der Waals surface area (Å²) in [7, 11) is 0. The third kappa shape index (κ3) is 1.82. The summed E-state index contributed by atoms with van der Waals surface area (Å²) in [6, 6.07) is 9.70. The molecule has 1 aliphatic rings. The molecule has 18 heavy (non-hydrogen) atoms. The number of carbonyl (C=O) groups is 2. The lowest BCUT2D eigenvalue weighted by atomic mass is 10.2. The molecule has 1 fully saturated rings. The predicted molar refractivity (Wildman–Crippen MR) is 69.3 cm³/mol. The molecule has 0 unspecified atom stereocenters. The highest BCUT2D eigenvalue weighted by Gasteiger charge is 2.32. The topological polar surface area (TPSA) is 50.3 Å². The summed E-state index contributed by atoms with van der Waals surface area (Å²) >= 11 is 1.32. The van der Waals surface area contributed by atoms with E-state index in [4.69, 9.17) is 0 Å². The molecule has 1 saturated heterocycles. The fraction of sp³-hybridized carbons (Fsp3) is 0.154. The van der Waals surface area contributed by atoms with Gasteiger partial charge in [0.1, 0.15) is 0 Å². The first kappa shape index (κ1) is 11.1. The van der Waals surface area contributed by atoms with Gasteiger partial charge in [-0.3, -0.25) is 9.59 Å². The second-order valence-electron chi connectivity index (χ2n) is 4.00. The SMILES string of the molecule is O=C1CCC(=O)N1c1nc(-c2ccccc2)cs1. The van der Waals surface area contributed by atoms with E-state index < -0.39 is 0 Å². The Bertz CT molecular complexity index is 590. The number of carbonyl (C=O) groups excluding carboxylic acids is 2. The van der Waals surface area contributed by atoms with Gasteiger partial charge in [-0.15, -0.1) is 11.3 Å². The molecular weight excluding hydrogens is 248 g/mol. The molecule has 2 aromatic rings. The van der Waals surface area contributed by atoms with Crippen LogP contribution < -0.4 is 4.90 Å². The summed E-state index contributed by atoms with van der Waals surface area (Å²) < 4.78 is 0. The van der Waals surface area contributed by atoms with Crippen molar-refractivity contribution in [3.05, 3.63) is 35.7 Å². The Morgan fingerprint density at radius 2 is 1.72 bits per heavy atom. The fourth-order valence-electron chi connectivity index (χ4n) is 1.90. The van der Waals surface area contributed by atoms with E-state index in [0.29, 0.717) is 18.0 Å². The number of nitrogens with zero attached hydrogens (tertiary/aromatic N) is 2. The quantitative estimate of drug-likeness (QED) is 0.777. The molecular formula is C13H10N2O2S. The van der Waals surface area contributed by atoms with Gasteiger partial charge in [0.05, 0.1) is 5.69 Å². The molecule has 0 aliphatic carbocycles. The van der Waals surface area contributed by atoms with Crippen LogP contribution in [0, 0.1) is 0 Å². The second kappa shape index (κ2) is 4.34. The third-order valence-corrected chi connectivity index (χ3v) is 3.63. The Hall–Kier alpha value is -2.01. The lowest BCUT2D eigenvalue weighted by molar-refractivity contribution is -0.121. The van der Waals surface area contributed by atoms with Gasteiger partial charge in [0.2, 0.25) is 11.8 Å². The Balaban J connectivity index is 1.95.